The molecular weight excluding hydrogens is 1150 g/mol. The highest BCUT2D eigenvalue weighted by Crippen LogP contribution is 2.47. The van der Waals surface area contributed by atoms with Crippen LogP contribution in [0.4, 0.5) is 26.3 Å². The van der Waals surface area contributed by atoms with Crippen LogP contribution in [0.5, 0.6) is 0 Å². The van der Waals surface area contributed by atoms with Gasteiger partial charge in [0.15, 0.2) is 0 Å². The molecular formula is C64H83F6NO16. The number of carbonyl (C=O) groups excluding carboxylic acids is 6. The number of alkyl halides is 6. The molecule has 17 nitrogen and oxygen atoms in total. The minimum absolute atomic E-state index is 0.0187. The zero-order valence-corrected chi connectivity index (χ0v) is 51.0. The van der Waals surface area contributed by atoms with E-state index < -0.39 is 155 Å². The average molecular weight is 1240 g/mol. The molecule has 2 aromatic carbocycles. The van der Waals surface area contributed by atoms with Crippen LogP contribution in [0.15, 0.2) is 96.6 Å². The van der Waals surface area contributed by atoms with Crippen molar-refractivity contribution in [3.8, 4) is 0 Å². The van der Waals surface area contributed by atoms with Gasteiger partial charge < -0.3 is 52.6 Å². The number of hydrogen-bond acceptors (Lipinski definition) is 16. The summed E-state index contributed by atoms with van der Waals surface area (Å²) in [5.74, 6) is -15.1. The van der Waals surface area contributed by atoms with Gasteiger partial charge in [-0.1, -0.05) is 105 Å². The number of benzene rings is 2. The second kappa shape index (κ2) is 29.7. The van der Waals surface area contributed by atoms with E-state index in [1.807, 2.05) is 6.92 Å². The first-order chi connectivity index (χ1) is 41.0. The van der Waals surface area contributed by atoms with Crippen molar-refractivity contribution in [1.82, 2.24) is 4.90 Å². The third-order valence-electron chi connectivity index (χ3n) is 17.7. The molecule has 0 aromatic heterocycles. The van der Waals surface area contributed by atoms with Gasteiger partial charge in [-0.3, -0.25) is 14.4 Å². The van der Waals surface area contributed by atoms with Crippen LogP contribution < -0.4 is 0 Å². The number of halogens is 6. The summed E-state index contributed by atoms with van der Waals surface area (Å²) in [6.45, 7) is 11.8. The molecule has 3 fully saturated rings. The first-order valence-corrected chi connectivity index (χ1v) is 29.3. The molecule has 3 heterocycles. The van der Waals surface area contributed by atoms with E-state index in [-0.39, 0.29) is 63.0 Å². The van der Waals surface area contributed by atoms with Crippen molar-refractivity contribution in [1.29, 1.82) is 0 Å². The fourth-order valence-electron chi connectivity index (χ4n) is 12.9. The van der Waals surface area contributed by atoms with E-state index in [2.05, 4.69) is 6.58 Å². The van der Waals surface area contributed by atoms with Crippen molar-refractivity contribution in [3.05, 3.63) is 108 Å². The fourth-order valence-corrected chi connectivity index (χ4v) is 12.9. The normalized spacial score (nSPS) is 32.0. The number of hydrogen-bond donors (Lipinski definition) is 1. The van der Waals surface area contributed by atoms with E-state index in [9.17, 15) is 42.3 Å². The molecule has 3 aliphatic heterocycles. The number of ether oxygens (including phenoxy) is 9. The molecule has 1 amide bonds. The van der Waals surface area contributed by atoms with Crippen molar-refractivity contribution in [2.75, 3.05) is 42.1 Å². The molecule has 87 heavy (non-hydrogen) atoms. The number of rotatable bonds is 15. The Balaban J connectivity index is 1.49. The molecule has 23 heteroatoms. The minimum atomic E-state index is -5.47. The van der Waals surface area contributed by atoms with E-state index in [0.717, 1.165) is 36.3 Å². The molecule has 0 radical (unpaired) electrons. The van der Waals surface area contributed by atoms with Gasteiger partial charge in [-0.05, 0) is 95.5 Å². The summed E-state index contributed by atoms with van der Waals surface area (Å²) in [4.78, 5) is 89.0. The number of nitrogens with zero attached hydrogens (tertiary/aromatic N) is 1. The van der Waals surface area contributed by atoms with Crippen LogP contribution in [0.2, 0.25) is 0 Å². The van der Waals surface area contributed by atoms with Crippen molar-refractivity contribution in [3.63, 3.8) is 0 Å². The van der Waals surface area contributed by atoms with Crippen molar-refractivity contribution >= 4 is 35.4 Å². The van der Waals surface area contributed by atoms with E-state index in [4.69, 9.17) is 42.6 Å². The Hall–Kier alpha value is -5.82. The van der Waals surface area contributed by atoms with E-state index in [1.54, 1.807) is 19.1 Å². The number of methoxy groups -OCH3 is 5. The number of Topliss-reactive ketones (excluding diaryl/α,β-unsaturated/α-hetero) is 2. The largest absolute Gasteiger partial charge is 0.459 e. The first-order valence-electron chi connectivity index (χ1n) is 29.3. The molecule has 1 aliphatic carbocycles. The van der Waals surface area contributed by atoms with E-state index >= 15 is 18.0 Å². The second-order valence-electron chi connectivity index (χ2n) is 23.5. The number of allylic oxidation sites excluding steroid dienone is 4. The molecule has 2 bridgehead atoms. The van der Waals surface area contributed by atoms with Gasteiger partial charge in [0.1, 0.15) is 36.2 Å². The molecule has 16 atom stereocenters. The van der Waals surface area contributed by atoms with Crippen LogP contribution in [-0.2, 0) is 82.6 Å². The van der Waals surface area contributed by atoms with Crippen LogP contribution in [-0.4, -0.2) is 154 Å². The number of carbonyl (C=O) groups is 6. The summed E-state index contributed by atoms with van der Waals surface area (Å²) in [5, 5.41) is 12.3. The quantitative estimate of drug-likeness (QED) is 0.0578. The summed E-state index contributed by atoms with van der Waals surface area (Å²) in [5.41, 5.74) is -7.57. The maximum Gasteiger partial charge on any atom is 0.432 e. The molecule has 16 unspecified atom stereocenters. The highest BCUT2D eigenvalue weighted by Gasteiger charge is 2.66. The van der Waals surface area contributed by atoms with Crippen LogP contribution in [0.3, 0.4) is 0 Å². The molecule has 6 rings (SSSR count). The van der Waals surface area contributed by atoms with Crippen molar-refractivity contribution in [2.45, 2.75) is 183 Å². The third-order valence-corrected chi connectivity index (χ3v) is 17.7. The summed E-state index contributed by atoms with van der Waals surface area (Å²) in [6.07, 6.45) is -13.8. The average Bonchev–Trinajstić information content (AvgIpc) is 0.920. The highest BCUT2D eigenvalue weighted by molar-refractivity contribution is 6.39. The Morgan fingerprint density at radius 1 is 0.724 bits per heavy atom. The summed E-state index contributed by atoms with van der Waals surface area (Å²) < 4.78 is 144. The number of cyclic esters (lactones) is 1. The van der Waals surface area contributed by atoms with Gasteiger partial charge in [0.2, 0.25) is 5.79 Å². The molecule has 0 spiro atoms. The maximum atomic E-state index is 15.7. The van der Waals surface area contributed by atoms with E-state index in [1.165, 1.54) is 84.6 Å². The van der Waals surface area contributed by atoms with Gasteiger partial charge in [-0.2, -0.15) is 26.3 Å². The van der Waals surface area contributed by atoms with Gasteiger partial charge in [0, 0.05) is 77.4 Å². The number of ketones is 2. The van der Waals surface area contributed by atoms with Crippen LogP contribution in [0, 0.1) is 29.6 Å². The Morgan fingerprint density at radius 3 is 1.78 bits per heavy atom. The number of fused-ring (bicyclic) bond motifs is 3. The van der Waals surface area contributed by atoms with Gasteiger partial charge >= 0.3 is 30.3 Å². The molecule has 1 saturated carbocycles. The number of aliphatic hydroxyl groups is 1. The van der Waals surface area contributed by atoms with Crippen LogP contribution in [0.25, 0.3) is 0 Å². The van der Waals surface area contributed by atoms with Crippen LogP contribution >= 0.6 is 0 Å². The summed E-state index contributed by atoms with van der Waals surface area (Å²) in [6, 6.07) is 10.7. The smallest absolute Gasteiger partial charge is 0.432 e. The van der Waals surface area contributed by atoms with Gasteiger partial charge in [-0.15, -0.1) is 6.58 Å². The molecule has 1 N–H and O–H groups in total. The second-order valence-corrected chi connectivity index (χ2v) is 23.5. The minimum Gasteiger partial charge on any atom is -0.459 e. The maximum absolute atomic E-state index is 15.7. The lowest BCUT2D eigenvalue weighted by atomic mass is 9.81. The first kappa shape index (κ1) is 70.3. The van der Waals surface area contributed by atoms with Crippen LogP contribution in [0.1, 0.15) is 116 Å². The Morgan fingerprint density at radius 2 is 1.26 bits per heavy atom. The number of piperidine rings is 1. The molecule has 4 aliphatic rings. The monoisotopic (exact) mass is 1240 g/mol. The predicted molar refractivity (Wildman–Crippen MR) is 303 cm³/mol. The lowest BCUT2D eigenvalue weighted by molar-refractivity contribution is -0.302. The zero-order valence-electron chi connectivity index (χ0n) is 51.0. The Kier molecular flexibility index (Phi) is 24.0. The Labute approximate surface area is 504 Å². The van der Waals surface area contributed by atoms with Crippen molar-refractivity contribution in [2.24, 2.45) is 29.6 Å². The Bertz CT molecular complexity index is 2780. The van der Waals surface area contributed by atoms with E-state index in [0.29, 0.717) is 31.9 Å². The van der Waals surface area contributed by atoms with Gasteiger partial charge in [-0.25, -0.2) is 14.4 Å². The molecule has 2 saturated heterocycles. The zero-order chi connectivity index (χ0) is 64.4. The number of esters is 3. The topological polar surface area (TPSA) is 209 Å². The standard InChI is InChI=1S/C64H83F6NO16/c1-12-21-43-31-37(2)30-38(3)32-51(80-8)54-52(81-9)34-40(5)62(78,87-54)55(73)56(74)71-29-20-19-26-46(71)57(75)86-53(41(6)49(36-47(43)72)85-59(77)61(83-11,64(68,69)70)45-24-17-14-18-25-45)39(4)33-42-27-28-48(50(35-42)79-7)84-58(76)60(82-10,63(65,66)67)44-22-15-13-16-23-44/h12-18,22-25,31,33,38,40-43,46,48-54,78H,1,19-21,26-30,32,34-36H2,2-11H3. The highest BCUT2D eigenvalue weighted by atomic mass is 19.4. The molecule has 482 valence electrons. The predicted octanol–water partition coefficient (Wildman–Crippen LogP) is 9.95. The van der Waals surface area contributed by atoms with Crippen molar-refractivity contribution < 1.29 is 103 Å². The lowest BCUT2D eigenvalue weighted by Gasteiger charge is -2.47. The van der Waals surface area contributed by atoms with Gasteiger partial charge in [0.05, 0.1) is 18.3 Å². The molecule has 2 aromatic rings. The summed E-state index contributed by atoms with van der Waals surface area (Å²) >= 11 is 0. The lowest BCUT2D eigenvalue weighted by Crippen LogP contribution is -2.64. The number of amides is 1. The fraction of sp³-hybridized carbons (Fsp3) is 0.625. The third kappa shape index (κ3) is 15.1. The SMILES string of the molecule is C=CCC1C=C(C)CC(C)CC(OC)C2OC(O)(C(=O)C(=O)N3CCCCC3C(=O)OC(C(C)=CC3CCC(OC(=O)C(OC)(c4ccccc4)C(F)(F)F)C(OC)C3)C(C)C(OC(=O)C(OC)(c3ccccc3)C(F)(F)F)CC1=O)C(C)CC2OC. The van der Waals surface area contributed by atoms with Gasteiger partial charge in [0.25, 0.3) is 22.9 Å². The summed E-state index contributed by atoms with van der Waals surface area (Å²) in [7, 11) is 5.55.